The average molecular weight is 399 g/mol. The largest absolute Gasteiger partial charge is 0.472 e. The van der Waals surface area contributed by atoms with Crippen molar-refractivity contribution in [3.63, 3.8) is 0 Å². The van der Waals surface area contributed by atoms with Gasteiger partial charge in [0.1, 0.15) is 6.10 Å². The maximum Gasteiger partial charge on any atom is 0.276 e. The fourth-order valence-corrected chi connectivity index (χ4v) is 5.06. The predicted molar refractivity (Wildman–Crippen MR) is 111 cm³/mol. The predicted octanol–water partition coefficient (Wildman–Crippen LogP) is 1.67. The van der Waals surface area contributed by atoms with E-state index in [1.165, 1.54) is 6.20 Å². The molecule has 1 amide bonds. The Labute approximate surface area is 162 Å². The Morgan fingerprint density at radius 2 is 2.25 bits per heavy atom. The summed E-state index contributed by atoms with van der Waals surface area (Å²) in [5, 5.41) is 8.05. The summed E-state index contributed by atoms with van der Waals surface area (Å²) < 4.78 is 19.7. The van der Waals surface area contributed by atoms with Gasteiger partial charge in [-0.2, -0.15) is 0 Å². The Kier molecular flexibility index (Phi) is 4.46. The summed E-state index contributed by atoms with van der Waals surface area (Å²) in [4.78, 5) is 16.4. The van der Waals surface area contributed by atoms with Crippen LogP contribution in [0.25, 0.3) is 10.9 Å². The first-order chi connectivity index (χ1) is 13.3. The fourth-order valence-electron chi connectivity index (χ4n) is 3.29. The third-order valence-corrected chi connectivity index (χ3v) is 6.67. The molecule has 1 aliphatic rings. The molecule has 3 heterocycles. The number of fused-ring (bicyclic) bond motifs is 1. The topological polar surface area (TPSA) is 112 Å². The number of nitrogens with one attached hydrogen (secondary N) is 1. The zero-order valence-electron chi connectivity index (χ0n) is 15.4. The SMILES string of the molecule is C=S1(=O)CCC(Oc2nn(C)c3cc(NC(=O)c4ncccc4N)ccc23)C1. The Balaban J connectivity index is 1.57. The second-order valence-corrected chi connectivity index (χ2v) is 9.59. The summed E-state index contributed by atoms with van der Waals surface area (Å²) in [7, 11) is -0.233. The Bertz CT molecular complexity index is 1170. The van der Waals surface area contributed by atoms with Gasteiger partial charge in [-0.1, -0.05) is 0 Å². The van der Waals surface area contributed by atoms with Crippen LogP contribution in [0.3, 0.4) is 0 Å². The molecule has 2 aromatic heterocycles. The van der Waals surface area contributed by atoms with Crippen LogP contribution in [0.1, 0.15) is 16.9 Å². The van der Waals surface area contributed by atoms with Crippen LogP contribution in [0.4, 0.5) is 11.4 Å². The van der Waals surface area contributed by atoms with Crippen LogP contribution in [-0.2, 0) is 16.6 Å². The second-order valence-electron chi connectivity index (χ2n) is 6.92. The number of anilines is 2. The molecule has 2 atom stereocenters. The standard InChI is InChI=1S/C19H21N5O3S/c1-24-16-10-12(22-18(25)17-15(20)4-3-8-21-17)5-6-14(16)19(23-24)27-13-7-9-28(2,26)11-13/h3-6,8,10,13H,2,7,9,11,20H2,1H3,(H,22,25). The number of hydrogen-bond acceptors (Lipinski definition) is 6. The van der Waals surface area contributed by atoms with Gasteiger partial charge in [0.25, 0.3) is 5.91 Å². The third kappa shape index (κ3) is 3.53. The van der Waals surface area contributed by atoms with Crippen molar-refractivity contribution in [2.75, 3.05) is 22.6 Å². The molecule has 0 spiro atoms. The molecule has 1 aliphatic heterocycles. The highest BCUT2D eigenvalue weighted by Gasteiger charge is 2.26. The number of amides is 1. The lowest BCUT2D eigenvalue weighted by Crippen LogP contribution is -2.18. The van der Waals surface area contributed by atoms with Crippen LogP contribution in [0, 0.1) is 0 Å². The summed E-state index contributed by atoms with van der Waals surface area (Å²) in [5.74, 6) is 4.90. The number of hydrogen-bond donors (Lipinski definition) is 2. The first-order valence-corrected chi connectivity index (χ1v) is 10.9. The molecule has 3 N–H and O–H groups in total. The maximum absolute atomic E-state index is 12.4. The first-order valence-electron chi connectivity index (χ1n) is 8.80. The molecule has 9 heteroatoms. The number of rotatable bonds is 4. The first kappa shape index (κ1) is 18.3. The van der Waals surface area contributed by atoms with Gasteiger partial charge in [0.2, 0.25) is 5.88 Å². The van der Waals surface area contributed by atoms with E-state index in [9.17, 15) is 9.00 Å². The van der Waals surface area contributed by atoms with Crippen LogP contribution in [0.15, 0.2) is 36.5 Å². The minimum atomic E-state index is -2.04. The molecule has 0 aliphatic carbocycles. The summed E-state index contributed by atoms with van der Waals surface area (Å²) in [6.45, 7) is 0. The Morgan fingerprint density at radius 3 is 2.96 bits per heavy atom. The average Bonchev–Trinajstić information content (AvgIpc) is 3.14. The molecule has 0 radical (unpaired) electrons. The highest BCUT2D eigenvalue weighted by molar-refractivity contribution is 8.00. The Hall–Kier alpha value is -3.07. The van der Waals surface area contributed by atoms with E-state index in [1.54, 1.807) is 29.9 Å². The smallest absolute Gasteiger partial charge is 0.276 e. The fraction of sp³-hybridized carbons (Fsp3) is 0.263. The van der Waals surface area contributed by atoms with Crippen molar-refractivity contribution in [2.45, 2.75) is 12.5 Å². The van der Waals surface area contributed by atoms with Gasteiger partial charge >= 0.3 is 0 Å². The summed E-state index contributed by atoms with van der Waals surface area (Å²) >= 11 is 0. The van der Waals surface area contributed by atoms with Gasteiger partial charge in [-0.15, -0.1) is 5.10 Å². The number of carbonyl (C=O) groups excluding carboxylic acids is 1. The van der Waals surface area contributed by atoms with Crippen molar-refractivity contribution in [3.8, 4) is 5.88 Å². The monoisotopic (exact) mass is 399 g/mol. The van der Waals surface area contributed by atoms with Crippen LogP contribution < -0.4 is 15.8 Å². The molecule has 28 heavy (non-hydrogen) atoms. The van der Waals surface area contributed by atoms with E-state index >= 15 is 0 Å². The molecule has 146 valence electrons. The number of ether oxygens (including phenoxy) is 1. The number of aromatic nitrogens is 3. The van der Waals surface area contributed by atoms with Crippen LogP contribution in [0.5, 0.6) is 5.88 Å². The number of carbonyl (C=O) groups is 1. The molecular weight excluding hydrogens is 378 g/mol. The van der Waals surface area contributed by atoms with Gasteiger partial charge in [-0.25, -0.2) is 4.98 Å². The lowest BCUT2D eigenvalue weighted by Gasteiger charge is -2.10. The molecule has 3 aromatic rings. The van der Waals surface area contributed by atoms with E-state index in [4.69, 9.17) is 10.5 Å². The van der Waals surface area contributed by atoms with E-state index in [2.05, 4.69) is 21.3 Å². The zero-order valence-corrected chi connectivity index (χ0v) is 16.2. The number of pyridine rings is 1. The minimum Gasteiger partial charge on any atom is -0.472 e. The highest BCUT2D eigenvalue weighted by Crippen LogP contribution is 2.29. The lowest BCUT2D eigenvalue weighted by atomic mass is 10.2. The van der Waals surface area contributed by atoms with Gasteiger partial charge in [-0.3, -0.25) is 13.7 Å². The van der Waals surface area contributed by atoms with E-state index in [-0.39, 0.29) is 17.7 Å². The van der Waals surface area contributed by atoms with Gasteiger partial charge in [0.15, 0.2) is 5.69 Å². The second kappa shape index (κ2) is 6.83. The molecule has 1 saturated heterocycles. The molecule has 8 nitrogen and oxygen atoms in total. The minimum absolute atomic E-state index is 0.144. The number of nitrogen functional groups attached to an aromatic ring is 1. The van der Waals surface area contributed by atoms with Crippen LogP contribution in [-0.4, -0.2) is 48.4 Å². The van der Waals surface area contributed by atoms with Crippen LogP contribution in [0.2, 0.25) is 0 Å². The van der Waals surface area contributed by atoms with Crippen molar-refractivity contribution < 1.29 is 13.7 Å². The summed E-state index contributed by atoms with van der Waals surface area (Å²) in [6, 6.07) is 8.72. The normalized spacial score (nSPS) is 21.7. The van der Waals surface area contributed by atoms with E-state index in [1.807, 2.05) is 12.1 Å². The third-order valence-electron chi connectivity index (χ3n) is 4.71. The van der Waals surface area contributed by atoms with E-state index in [0.717, 1.165) is 10.9 Å². The zero-order chi connectivity index (χ0) is 19.9. The van der Waals surface area contributed by atoms with Crippen molar-refractivity contribution in [2.24, 2.45) is 7.05 Å². The van der Waals surface area contributed by atoms with Gasteiger partial charge in [0.05, 0.1) is 22.3 Å². The molecule has 2 unspecified atom stereocenters. The molecule has 0 bridgehead atoms. The summed E-state index contributed by atoms with van der Waals surface area (Å²) in [5.41, 5.74) is 7.70. The van der Waals surface area contributed by atoms with E-state index < -0.39 is 9.52 Å². The van der Waals surface area contributed by atoms with Crippen molar-refractivity contribution >= 4 is 43.6 Å². The number of nitrogens with zero attached hydrogens (tertiary/aromatic N) is 3. The Morgan fingerprint density at radius 1 is 1.43 bits per heavy atom. The highest BCUT2D eigenvalue weighted by atomic mass is 32.2. The van der Waals surface area contributed by atoms with Gasteiger partial charge in [-0.05, 0) is 52.1 Å². The summed E-state index contributed by atoms with van der Waals surface area (Å²) in [6.07, 6.45) is 2.08. The number of benzene rings is 1. The quantitative estimate of drug-likeness (QED) is 0.646. The lowest BCUT2D eigenvalue weighted by molar-refractivity contribution is 0.102. The molecule has 1 fully saturated rings. The van der Waals surface area contributed by atoms with Crippen LogP contribution >= 0.6 is 0 Å². The van der Waals surface area contributed by atoms with Crippen molar-refractivity contribution in [1.29, 1.82) is 0 Å². The number of aryl methyl sites for hydroxylation is 1. The molecule has 0 saturated carbocycles. The molecule has 1 aromatic carbocycles. The maximum atomic E-state index is 12.4. The van der Waals surface area contributed by atoms with Gasteiger partial charge in [0, 0.05) is 24.7 Å². The van der Waals surface area contributed by atoms with Gasteiger partial charge < -0.3 is 15.8 Å². The molecular formula is C19H21N5O3S. The van der Waals surface area contributed by atoms with Crippen molar-refractivity contribution in [3.05, 3.63) is 42.2 Å². The molecule has 4 rings (SSSR count). The van der Waals surface area contributed by atoms with E-state index in [0.29, 0.717) is 35.2 Å². The van der Waals surface area contributed by atoms with Crippen molar-refractivity contribution in [1.82, 2.24) is 14.8 Å². The number of nitrogens with two attached hydrogens (primary N) is 1.